The summed E-state index contributed by atoms with van der Waals surface area (Å²) < 4.78 is 18.4. The molecule has 2 rings (SSSR count). The van der Waals surface area contributed by atoms with Crippen LogP contribution in [0.2, 0.25) is 0 Å². The number of hydrogen-bond acceptors (Lipinski definition) is 4. The Morgan fingerprint density at radius 3 is 2.23 bits per heavy atom. The Kier molecular flexibility index (Phi) is 7.21. The lowest BCUT2D eigenvalue weighted by Gasteiger charge is -2.27. The number of carboxylic acid groups (broad SMARTS) is 1. The van der Waals surface area contributed by atoms with Crippen molar-refractivity contribution in [2.45, 2.75) is 31.6 Å². The van der Waals surface area contributed by atoms with Crippen molar-refractivity contribution < 1.29 is 18.8 Å². The second-order valence-corrected chi connectivity index (χ2v) is 7.33. The van der Waals surface area contributed by atoms with E-state index in [1.165, 1.54) is 12.3 Å². The molecule has 1 N–H and O–H groups in total. The number of carbonyl (C=O) groups is 1. The molecule has 5 nitrogen and oxygen atoms in total. The molecular weight excluding hydrogens is 350 g/mol. The summed E-state index contributed by atoms with van der Waals surface area (Å²) in [6, 6.07) is 12.3. The maximum absolute atomic E-state index is 12.3. The summed E-state index contributed by atoms with van der Waals surface area (Å²) in [5.74, 6) is 0.0394. The highest BCUT2D eigenvalue weighted by Crippen LogP contribution is 2.39. The van der Waals surface area contributed by atoms with E-state index in [-0.39, 0.29) is 5.56 Å². The minimum absolute atomic E-state index is 0.114. The van der Waals surface area contributed by atoms with Crippen LogP contribution in [0.25, 0.3) is 0 Å². The fourth-order valence-corrected chi connectivity index (χ4v) is 3.46. The quantitative estimate of drug-likeness (QED) is 0.697. The van der Waals surface area contributed by atoms with Crippen molar-refractivity contribution in [1.29, 1.82) is 0 Å². The number of anilines is 1. The monoisotopic (exact) mass is 375 g/mol. The third kappa shape index (κ3) is 4.85. The molecule has 2 aromatic rings. The van der Waals surface area contributed by atoms with Crippen LogP contribution in [0.5, 0.6) is 11.5 Å². The van der Waals surface area contributed by atoms with Crippen molar-refractivity contribution in [3.8, 4) is 11.5 Å². The third-order valence-electron chi connectivity index (χ3n) is 3.88. The molecule has 0 aliphatic carbocycles. The summed E-state index contributed by atoms with van der Waals surface area (Å²) in [6.07, 6.45) is 3.35. The Morgan fingerprint density at radius 2 is 1.73 bits per heavy atom. The Morgan fingerprint density at radius 1 is 1.12 bits per heavy atom. The molecule has 26 heavy (non-hydrogen) atoms. The van der Waals surface area contributed by atoms with Gasteiger partial charge in [-0.2, -0.15) is 0 Å². The predicted molar refractivity (Wildman–Crippen MR) is 105 cm³/mol. The van der Waals surface area contributed by atoms with Gasteiger partial charge in [0, 0.05) is 19.3 Å². The molecule has 0 aromatic heterocycles. The van der Waals surface area contributed by atoms with Crippen LogP contribution in [0.1, 0.15) is 37.0 Å². The molecule has 140 valence electrons. The first-order valence-electron chi connectivity index (χ1n) is 8.70. The van der Waals surface area contributed by atoms with Crippen LogP contribution in [0, 0.1) is 0 Å². The van der Waals surface area contributed by atoms with Crippen molar-refractivity contribution >= 4 is 22.5 Å². The van der Waals surface area contributed by atoms with Crippen molar-refractivity contribution in [3.05, 3.63) is 48.0 Å². The lowest BCUT2D eigenvalue weighted by atomic mass is 10.1. The summed E-state index contributed by atoms with van der Waals surface area (Å²) in [4.78, 5) is 14.1. The number of benzene rings is 2. The van der Waals surface area contributed by atoms with Gasteiger partial charge in [-0.15, -0.1) is 0 Å². The summed E-state index contributed by atoms with van der Waals surface area (Å²) in [6.45, 7) is 5.66. The van der Waals surface area contributed by atoms with Crippen LogP contribution in [-0.4, -0.2) is 34.6 Å². The molecule has 0 bridgehead atoms. The molecule has 0 spiro atoms. The van der Waals surface area contributed by atoms with E-state index in [2.05, 4.69) is 18.7 Å². The van der Waals surface area contributed by atoms with Gasteiger partial charge in [0.05, 0.1) is 26.9 Å². The first-order chi connectivity index (χ1) is 12.5. The molecule has 0 heterocycles. The average molecular weight is 375 g/mol. The van der Waals surface area contributed by atoms with Crippen molar-refractivity contribution in [1.82, 2.24) is 0 Å². The van der Waals surface area contributed by atoms with E-state index < -0.39 is 16.8 Å². The fourth-order valence-electron chi connectivity index (χ4n) is 2.76. The molecule has 2 aromatic carbocycles. The molecule has 1 unspecified atom stereocenters. The van der Waals surface area contributed by atoms with Crippen LogP contribution in [0.4, 0.5) is 5.69 Å². The van der Waals surface area contributed by atoms with E-state index in [0.29, 0.717) is 22.1 Å². The fraction of sp³-hybridized carbons (Fsp3) is 0.350. The minimum atomic E-state index is -1.39. The smallest absolute Gasteiger partial charge is 0.335 e. The zero-order chi connectivity index (χ0) is 19.1. The maximum Gasteiger partial charge on any atom is 0.335 e. The third-order valence-corrected chi connectivity index (χ3v) is 4.81. The van der Waals surface area contributed by atoms with E-state index in [9.17, 15) is 14.1 Å². The Bertz CT molecular complexity index is 771. The van der Waals surface area contributed by atoms with Crippen LogP contribution in [0.3, 0.4) is 0 Å². The largest absolute Gasteiger partial charge is 0.478 e. The molecule has 0 radical (unpaired) electrons. The van der Waals surface area contributed by atoms with Crippen LogP contribution < -0.4 is 9.64 Å². The zero-order valence-corrected chi connectivity index (χ0v) is 16.2. The van der Waals surface area contributed by atoms with Gasteiger partial charge < -0.3 is 14.7 Å². The summed E-state index contributed by atoms with van der Waals surface area (Å²) in [5, 5.41) is 9.48. The van der Waals surface area contributed by atoms with E-state index in [4.69, 9.17) is 4.74 Å². The van der Waals surface area contributed by atoms with Crippen molar-refractivity contribution in [3.63, 3.8) is 0 Å². The summed E-state index contributed by atoms with van der Waals surface area (Å²) in [7, 11) is -1.39. The average Bonchev–Trinajstić information content (AvgIpc) is 2.62. The van der Waals surface area contributed by atoms with Crippen LogP contribution in [0.15, 0.2) is 47.4 Å². The van der Waals surface area contributed by atoms with Gasteiger partial charge in [-0.1, -0.05) is 32.0 Å². The molecule has 1 atom stereocenters. The van der Waals surface area contributed by atoms with Gasteiger partial charge in [-0.3, -0.25) is 4.21 Å². The van der Waals surface area contributed by atoms with Gasteiger partial charge >= 0.3 is 5.97 Å². The normalized spacial score (nSPS) is 11.8. The molecule has 0 amide bonds. The second kappa shape index (κ2) is 9.38. The predicted octanol–water partition coefficient (Wildman–Crippen LogP) is 4.54. The maximum atomic E-state index is 12.3. The summed E-state index contributed by atoms with van der Waals surface area (Å²) in [5.41, 5.74) is 0.783. The van der Waals surface area contributed by atoms with Gasteiger partial charge in [0.25, 0.3) is 0 Å². The minimum Gasteiger partial charge on any atom is -0.478 e. The number of nitrogens with zero attached hydrogens (tertiary/aromatic N) is 1. The molecule has 0 saturated heterocycles. The highest BCUT2D eigenvalue weighted by molar-refractivity contribution is 7.84. The highest BCUT2D eigenvalue weighted by atomic mass is 32.2. The second-order valence-electron chi connectivity index (χ2n) is 5.98. The molecule has 0 fully saturated rings. The van der Waals surface area contributed by atoms with Crippen molar-refractivity contribution in [2.75, 3.05) is 24.2 Å². The molecule has 6 heteroatoms. The molecule has 0 saturated carbocycles. The Labute approximate surface area is 157 Å². The lowest BCUT2D eigenvalue weighted by Crippen LogP contribution is -2.26. The lowest BCUT2D eigenvalue weighted by molar-refractivity contribution is 0.0696. The van der Waals surface area contributed by atoms with E-state index in [1.807, 2.05) is 30.3 Å². The number of para-hydroxylation sites is 1. The van der Waals surface area contributed by atoms with Gasteiger partial charge in [0.15, 0.2) is 5.75 Å². The van der Waals surface area contributed by atoms with Crippen molar-refractivity contribution in [2.24, 2.45) is 0 Å². The molecule has 0 aliphatic rings. The van der Waals surface area contributed by atoms with Crippen LogP contribution >= 0.6 is 0 Å². The number of ether oxygens (including phenoxy) is 1. The Hall–Kier alpha value is -2.34. The molecule has 0 aliphatic heterocycles. The zero-order valence-electron chi connectivity index (χ0n) is 15.4. The van der Waals surface area contributed by atoms with Crippen LogP contribution in [-0.2, 0) is 10.8 Å². The number of hydrogen-bond donors (Lipinski definition) is 1. The summed E-state index contributed by atoms with van der Waals surface area (Å²) >= 11 is 0. The standard InChI is InChI=1S/C20H25NO4S/c1-4-11-21(12-5-2)17-13-15(20(22)23)14-18(26(3)24)19(17)25-16-9-7-6-8-10-16/h6-10,13-14H,4-5,11-12H2,1-3H3,(H,22,23). The molecular formula is C20H25NO4S. The SMILES string of the molecule is CCCN(CCC)c1cc(C(=O)O)cc(S(C)=O)c1Oc1ccccc1. The van der Waals surface area contributed by atoms with Gasteiger partial charge in [-0.05, 0) is 37.1 Å². The van der Waals surface area contributed by atoms with Gasteiger partial charge in [0.2, 0.25) is 0 Å². The Balaban J connectivity index is 2.66. The van der Waals surface area contributed by atoms with Gasteiger partial charge in [0.1, 0.15) is 5.75 Å². The van der Waals surface area contributed by atoms with Gasteiger partial charge in [-0.25, -0.2) is 4.79 Å². The van der Waals surface area contributed by atoms with E-state index in [1.54, 1.807) is 6.07 Å². The van der Waals surface area contributed by atoms with E-state index in [0.717, 1.165) is 25.9 Å². The topological polar surface area (TPSA) is 66.8 Å². The highest BCUT2D eigenvalue weighted by Gasteiger charge is 2.22. The van der Waals surface area contributed by atoms with E-state index >= 15 is 0 Å². The number of aromatic carboxylic acids is 1. The first kappa shape index (κ1) is 20.0. The first-order valence-corrected chi connectivity index (χ1v) is 10.3. The number of rotatable bonds is 9. The number of carboxylic acids is 1.